The number of urea groups is 1. The first kappa shape index (κ1) is 32.5. The lowest BCUT2D eigenvalue weighted by molar-refractivity contribution is -0.122. The number of aromatic nitrogens is 2. The molecule has 12 nitrogen and oxygen atoms in total. The van der Waals surface area contributed by atoms with Crippen LogP contribution < -0.4 is 16.0 Å². The van der Waals surface area contributed by atoms with Gasteiger partial charge >= 0.3 is 12.2 Å². The van der Waals surface area contributed by atoms with Crippen LogP contribution in [0.4, 0.5) is 23.7 Å². The zero-order valence-electron chi connectivity index (χ0n) is 24.9. The van der Waals surface area contributed by atoms with Gasteiger partial charge in [-0.2, -0.15) is 13.2 Å². The fraction of sp³-hybridized carbons (Fsp3) is 0.500. The summed E-state index contributed by atoms with van der Waals surface area (Å²) in [5, 5.41) is 23.4. The zero-order chi connectivity index (χ0) is 32.0. The van der Waals surface area contributed by atoms with E-state index in [1.54, 1.807) is 48.1 Å². The summed E-state index contributed by atoms with van der Waals surface area (Å²) >= 11 is 0. The Morgan fingerprint density at radius 3 is 2.84 bits per heavy atom. The molecule has 3 aliphatic heterocycles. The molecule has 3 aliphatic rings. The highest BCUT2D eigenvalue weighted by atomic mass is 19.4. The second-order valence-corrected chi connectivity index (χ2v) is 11.5. The number of nitrogens with one attached hydrogen (secondary N) is 6. The molecule has 3 fully saturated rings. The highest BCUT2D eigenvalue weighted by molar-refractivity contribution is 5.99. The second-order valence-electron chi connectivity index (χ2n) is 11.5. The number of rotatable bonds is 14. The van der Waals surface area contributed by atoms with Gasteiger partial charge in [0.15, 0.2) is 0 Å². The number of H-pyrrole nitrogens is 1. The fourth-order valence-corrected chi connectivity index (χ4v) is 5.71. The van der Waals surface area contributed by atoms with Crippen molar-refractivity contribution in [2.24, 2.45) is 10.9 Å². The molecule has 4 heterocycles. The fourth-order valence-electron chi connectivity index (χ4n) is 5.71. The van der Waals surface area contributed by atoms with Gasteiger partial charge in [-0.15, -0.1) is 0 Å². The lowest BCUT2D eigenvalue weighted by atomic mass is 9.89. The molecule has 242 valence electrons. The molecule has 2 amide bonds. The highest BCUT2D eigenvalue weighted by Gasteiger charge is 2.54. The molecular weight excluding hydrogens is 591 g/mol. The molecule has 4 atom stereocenters. The molecule has 0 spiro atoms. The maximum atomic E-state index is 12.4. The number of amides is 2. The second kappa shape index (κ2) is 14.0. The van der Waals surface area contributed by atoms with Crippen LogP contribution in [0.3, 0.4) is 0 Å². The average molecular weight is 630 g/mol. The van der Waals surface area contributed by atoms with Crippen LogP contribution in [-0.4, -0.2) is 110 Å². The minimum Gasteiger partial charge on any atom is -0.378 e. The number of benzene rings is 1. The Bertz CT molecular complexity index is 1410. The molecule has 0 aliphatic carbocycles. The zero-order valence-corrected chi connectivity index (χ0v) is 24.9. The number of carbonyl (C=O) groups excluding carboxylic acids is 1. The van der Waals surface area contributed by atoms with E-state index in [0.29, 0.717) is 41.0 Å². The number of anilines is 1. The third kappa shape index (κ3) is 8.63. The van der Waals surface area contributed by atoms with Gasteiger partial charge in [0.05, 0.1) is 29.5 Å². The van der Waals surface area contributed by atoms with Crippen LogP contribution in [0.15, 0.2) is 41.0 Å². The summed E-state index contributed by atoms with van der Waals surface area (Å²) in [7, 11) is 1.88. The molecule has 2 aromatic rings. The van der Waals surface area contributed by atoms with E-state index in [4.69, 9.17) is 25.3 Å². The quantitative estimate of drug-likeness (QED) is 0.138. The van der Waals surface area contributed by atoms with Gasteiger partial charge in [-0.1, -0.05) is 12.1 Å². The Morgan fingerprint density at radius 2 is 2.16 bits per heavy atom. The van der Waals surface area contributed by atoms with Gasteiger partial charge in [0.2, 0.25) is 0 Å². The smallest absolute Gasteiger partial charge is 0.378 e. The number of alkyl halides is 3. The van der Waals surface area contributed by atoms with Crippen LogP contribution >= 0.6 is 0 Å². The molecular formula is C30H38F3N9O3. The standard InChI is InChI=1S/C30H38F3N9O3/c1-36-15-29(17-42(18-29)27-25(45-27)10-23-6-3-7-44-23)39-13-21(12-35)20(11-34)9-26-37-14-24(41-26)19-4-2-5-22(8-19)40-28(43)38-16-30(31,32)33/h2,4-5,8-9,11-14,21,23,25,27,34-36H,3,6-7,10,15-18H2,1H3,(H,37,41)(H2,38,40,43)/b20-9+,34-11?,35-12?,39-13?. The molecule has 3 saturated heterocycles. The van der Waals surface area contributed by atoms with Crippen molar-refractivity contribution in [1.29, 1.82) is 10.8 Å². The average Bonchev–Trinajstić information content (AvgIpc) is 3.32. The topological polar surface area (TPSA) is 167 Å². The number of aliphatic imine (C=N–C) groups is 1. The molecule has 1 aromatic carbocycles. The van der Waals surface area contributed by atoms with Gasteiger partial charge in [-0.3, -0.25) is 9.89 Å². The van der Waals surface area contributed by atoms with E-state index in [2.05, 4.69) is 25.5 Å². The van der Waals surface area contributed by atoms with Crippen LogP contribution in [0.2, 0.25) is 0 Å². The van der Waals surface area contributed by atoms with E-state index < -0.39 is 24.7 Å². The van der Waals surface area contributed by atoms with Crippen molar-refractivity contribution < 1.29 is 27.4 Å². The summed E-state index contributed by atoms with van der Waals surface area (Å²) in [6, 6.07) is 5.58. The number of nitrogens with zero attached hydrogens (tertiary/aromatic N) is 3. The van der Waals surface area contributed by atoms with Gasteiger partial charge in [0.1, 0.15) is 24.7 Å². The van der Waals surface area contributed by atoms with Crippen molar-refractivity contribution in [3.63, 3.8) is 0 Å². The number of epoxide rings is 1. The van der Waals surface area contributed by atoms with E-state index in [-0.39, 0.29) is 17.9 Å². The van der Waals surface area contributed by atoms with Crippen LogP contribution in [0.25, 0.3) is 17.3 Å². The molecule has 1 aromatic heterocycles. The third-order valence-corrected chi connectivity index (χ3v) is 7.96. The van der Waals surface area contributed by atoms with Crippen LogP contribution in [0.5, 0.6) is 0 Å². The first-order valence-electron chi connectivity index (χ1n) is 14.8. The number of imidazole rings is 1. The predicted octanol–water partition coefficient (Wildman–Crippen LogP) is 3.70. The van der Waals surface area contributed by atoms with E-state index in [1.807, 2.05) is 7.05 Å². The number of aromatic amines is 1. The van der Waals surface area contributed by atoms with Crippen molar-refractivity contribution in [1.82, 2.24) is 25.5 Å². The summed E-state index contributed by atoms with van der Waals surface area (Å²) in [5.41, 5.74) is 1.68. The van der Waals surface area contributed by atoms with Crippen molar-refractivity contribution in [2.45, 2.75) is 49.4 Å². The van der Waals surface area contributed by atoms with Crippen LogP contribution in [-0.2, 0) is 9.47 Å². The normalized spacial score (nSPS) is 23.8. The summed E-state index contributed by atoms with van der Waals surface area (Å²) in [4.78, 5) is 26.5. The molecule has 4 unspecified atom stereocenters. The van der Waals surface area contributed by atoms with Crippen LogP contribution in [0, 0.1) is 16.7 Å². The molecule has 6 N–H and O–H groups in total. The summed E-state index contributed by atoms with van der Waals surface area (Å²) in [6.07, 6.45) is 6.54. The summed E-state index contributed by atoms with van der Waals surface area (Å²) < 4.78 is 48.8. The van der Waals surface area contributed by atoms with Gasteiger partial charge in [0, 0.05) is 62.6 Å². The number of allylic oxidation sites excluding steroid dienone is 1. The van der Waals surface area contributed by atoms with Crippen LogP contribution in [0.1, 0.15) is 25.1 Å². The van der Waals surface area contributed by atoms with Gasteiger partial charge in [0.25, 0.3) is 0 Å². The predicted molar refractivity (Wildman–Crippen MR) is 165 cm³/mol. The molecule has 5 rings (SSSR count). The van der Waals surface area contributed by atoms with E-state index >= 15 is 0 Å². The number of hydrogen-bond acceptors (Lipinski definition) is 9. The van der Waals surface area contributed by atoms with Gasteiger partial charge in [-0.25, -0.2) is 9.78 Å². The SMILES string of the molecule is CNCC1(N=CC(C=N)/C(C=N)=C/c2ncc(-c3cccc(NC(=O)NCC(F)(F)F)c3)[nH]2)CN(C2OC2CC2CCCO2)C1. The van der Waals surface area contributed by atoms with Crippen molar-refractivity contribution in [2.75, 3.05) is 45.2 Å². The van der Waals surface area contributed by atoms with E-state index in [1.165, 1.54) is 12.4 Å². The lowest BCUT2D eigenvalue weighted by Gasteiger charge is -2.47. The summed E-state index contributed by atoms with van der Waals surface area (Å²) in [6.45, 7) is 1.51. The van der Waals surface area contributed by atoms with E-state index in [0.717, 1.165) is 39.0 Å². The minimum atomic E-state index is -4.51. The summed E-state index contributed by atoms with van der Waals surface area (Å²) in [5.74, 6) is -0.112. The maximum Gasteiger partial charge on any atom is 0.405 e. The van der Waals surface area contributed by atoms with Gasteiger partial charge < -0.3 is 41.2 Å². The largest absolute Gasteiger partial charge is 0.405 e. The number of halogens is 3. The first-order chi connectivity index (χ1) is 21.6. The Balaban J connectivity index is 1.20. The Labute approximate surface area is 258 Å². The Hall–Kier alpha value is -3.92. The maximum absolute atomic E-state index is 12.4. The van der Waals surface area contributed by atoms with E-state index in [9.17, 15) is 18.0 Å². The molecule has 15 heteroatoms. The highest BCUT2D eigenvalue weighted by Crippen LogP contribution is 2.39. The number of ether oxygens (including phenoxy) is 2. The molecule has 0 radical (unpaired) electrons. The molecule has 45 heavy (non-hydrogen) atoms. The molecule has 0 bridgehead atoms. The number of hydrogen-bond donors (Lipinski definition) is 6. The van der Waals surface area contributed by atoms with Crippen molar-refractivity contribution >= 4 is 36.4 Å². The van der Waals surface area contributed by atoms with Gasteiger partial charge in [-0.05, 0) is 43.7 Å². The van der Waals surface area contributed by atoms with Crippen molar-refractivity contribution in [3.05, 3.63) is 41.9 Å². The first-order valence-corrected chi connectivity index (χ1v) is 14.8. The monoisotopic (exact) mass is 629 g/mol. The minimum absolute atomic E-state index is 0.0983. The lowest BCUT2D eigenvalue weighted by Crippen LogP contribution is -2.65. The Kier molecular flexibility index (Phi) is 10.1. The number of carbonyl (C=O) groups is 1. The Morgan fingerprint density at radius 1 is 1.33 bits per heavy atom. The number of likely N-dealkylation sites (tertiary alicyclic amines) is 1. The number of likely N-dealkylation sites (N-methyl/N-ethyl adjacent to an activating group) is 1. The molecule has 0 saturated carbocycles. The van der Waals surface area contributed by atoms with Crippen molar-refractivity contribution in [3.8, 4) is 11.3 Å². The third-order valence-electron chi connectivity index (χ3n) is 7.96.